The van der Waals surface area contributed by atoms with E-state index in [0.717, 1.165) is 30.6 Å². The summed E-state index contributed by atoms with van der Waals surface area (Å²) in [4.78, 5) is 15.0. The molecular weight excluding hydrogens is 240 g/mol. The van der Waals surface area contributed by atoms with Crippen molar-refractivity contribution in [2.24, 2.45) is 0 Å². The number of hydrogen-bond donors (Lipinski definition) is 1. The summed E-state index contributed by atoms with van der Waals surface area (Å²) in [6, 6.07) is 4.02. The molecule has 0 radical (unpaired) electrons. The van der Waals surface area contributed by atoms with E-state index in [2.05, 4.69) is 19.9 Å². The second-order valence-electron chi connectivity index (χ2n) is 5.10. The van der Waals surface area contributed by atoms with Crippen LogP contribution in [0, 0.1) is 0 Å². The third-order valence-corrected chi connectivity index (χ3v) is 3.87. The third kappa shape index (κ3) is 2.38. The van der Waals surface area contributed by atoms with E-state index >= 15 is 0 Å². The first-order chi connectivity index (χ1) is 9.25. The highest BCUT2D eigenvalue weighted by Crippen LogP contribution is 2.26. The van der Waals surface area contributed by atoms with Crippen LogP contribution in [-0.4, -0.2) is 39.3 Å². The van der Waals surface area contributed by atoms with Crippen LogP contribution in [0.3, 0.4) is 0 Å². The molecule has 3 rings (SSSR count). The molecule has 1 aliphatic carbocycles. The molecule has 1 fully saturated rings. The Hall–Kier alpha value is -1.75. The van der Waals surface area contributed by atoms with Crippen LogP contribution in [0.15, 0.2) is 24.5 Å². The van der Waals surface area contributed by atoms with E-state index in [0.29, 0.717) is 5.65 Å². The largest absolute Gasteiger partial charge is 0.391 e. The number of aromatic nitrogens is 3. The van der Waals surface area contributed by atoms with E-state index in [1.807, 2.05) is 19.2 Å². The highest BCUT2D eigenvalue weighted by Gasteiger charge is 2.27. The smallest absolute Gasteiger partial charge is 0.180 e. The third-order valence-electron chi connectivity index (χ3n) is 3.87. The quantitative estimate of drug-likeness (QED) is 0.889. The van der Waals surface area contributed by atoms with Crippen molar-refractivity contribution in [2.45, 2.75) is 37.8 Å². The maximum atomic E-state index is 10.1. The Morgan fingerprint density at radius 1 is 1.16 bits per heavy atom. The molecule has 1 saturated carbocycles. The fraction of sp³-hybridized carbons (Fsp3) is 0.500. The van der Waals surface area contributed by atoms with E-state index < -0.39 is 0 Å². The van der Waals surface area contributed by atoms with Crippen molar-refractivity contribution in [3.63, 3.8) is 0 Å². The number of pyridine rings is 1. The van der Waals surface area contributed by atoms with Gasteiger partial charge in [-0.2, -0.15) is 0 Å². The van der Waals surface area contributed by atoms with E-state index in [4.69, 9.17) is 0 Å². The summed E-state index contributed by atoms with van der Waals surface area (Å²) in [7, 11) is 1.99. The minimum absolute atomic E-state index is 0.148. The number of aliphatic hydroxyl groups excluding tert-OH is 1. The number of hydrogen-bond acceptors (Lipinski definition) is 5. The molecular formula is C14H18N4O. The molecule has 1 N–H and O–H groups in total. The summed E-state index contributed by atoms with van der Waals surface area (Å²) in [6.45, 7) is 0. The number of rotatable bonds is 2. The van der Waals surface area contributed by atoms with Crippen molar-refractivity contribution >= 4 is 17.0 Å². The second-order valence-corrected chi connectivity index (χ2v) is 5.10. The molecule has 2 unspecified atom stereocenters. The van der Waals surface area contributed by atoms with Crippen molar-refractivity contribution in [2.75, 3.05) is 11.9 Å². The van der Waals surface area contributed by atoms with Crippen molar-refractivity contribution < 1.29 is 5.11 Å². The van der Waals surface area contributed by atoms with Gasteiger partial charge in [0.2, 0.25) is 0 Å². The van der Waals surface area contributed by atoms with Gasteiger partial charge in [0, 0.05) is 19.4 Å². The summed E-state index contributed by atoms with van der Waals surface area (Å²) in [6.07, 6.45) is 7.22. The molecule has 2 aromatic heterocycles. The maximum absolute atomic E-state index is 10.1. The van der Waals surface area contributed by atoms with Gasteiger partial charge in [0.15, 0.2) is 5.65 Å². The number of anilines is 1. The Bertz CT molecular complexity index is 574. The van der Waals surface area contributed by atoms with Crippen molar-refractivity contribution in [1.82, 2.24) is 15.0 Å². The van der Waals surface area contributed by atoms with Crippen LogP contribution in [0.5, 0.6) is 0 Å². The Kier molecular flexibility index (Phi) is 3.29. The SMILES string of the molecule is CN(c1ccc2nccnc2n1)C1CCCCC1O. The van der Waals surface area contributed by atoms with Crippen LogP contribution in [0.25, 0.3) is 11.2 Å². The Morgan fingerprint density at radius 3 is 2.79 bits per heavy atom. The molecule has 0 saturated heterocycles. The van der Waals surface area contributed by atoms with Crippen molar-refractivity contribution in [3.8, 4) is 0 Å². The summed E-state index contributed by atoms with van der Waals surface area (Å²) < 4.78 is 0. The Balaban J connectivity index is 1.90. The maximum Gasteiger partial charge on any atom is 0.180 e. The molecule has 2 atom stereocenters. The second kappa shape index (κ2) is 5.09. The minimum atomic E-state index is -0.266. The lowest BCUT2D eigenvalue weighted by atomic mass is 9.91. The first-order valence-electron chi connectivity index (χ1n) is 6.74. The molecule has 0 aromatic carbocycles. The van der Waals surface area contributed by atoms with Crippen LogP contribution in [-0.2, 0) is 0 Å². The molecule has 2 aromatic rings. The van der Waals surface area contributed by atoms with Gasteiger partial charge in [-0.1, -0.05) is 12.8 Å². The average Bonchev–Trinajstić information content (AvgIpc) is 2.46. The van der Waals surface area contributed by atoms with Crippen LogP contribution in [0.2, 0.25) is 0 Å². The molecule has 1 aliphatic rings. The van der Waals surface area contributed by atoms with Gasteiger partial charge in [-0.05, 0) is 25.0 Å². The summed E-state index contributed by atoms with van der Waals surface area (Å²) in [5.74, 6) is 0.846. The lowest BCUT2D eigenvalue weighted by Gasteiger charge is -2.35. The molecule has 0 amide bonds. The molecule has 0 spiro atoms. The van der Waals surface area contributed by atoms with E-state index in [-0.39, 0.29) is 12.1 Å². The van der Waals surface area contributed by atoms with Gasteiger partial charge in [0.1, 0.15) is 11.3 Å². The Morgan fingerprint density at radius 2 is 1.95 bits per heavy atom. The Labute approximate surface area is 112 Å². The number of aliphatic hydroxyl groups is 1. The van der Waals surface area contributed by atoms with Crippen LogP contribution in [0.4, 0.5) is 5.82 Å². The molecule has 0 bridgehead atoms. The van der Waals surface area contributed by atoms with E-state index in [1.165, 1.54) is 6.42 Å². The first kappa shape index (κ1) is 12.3. The normalized spacial score (nSPS) is 23.5. The van der Waals surface area contributed by atoms with E-state index in [1.54, 1.807) is 12.4 Å². The monoisotopic (exact) mass is 258 g/mol. The number of likely N-dealkylation sites (N-methyl/N-ethyl adjacent to an activating group) is 1. The van der Waals surface area contributed by atoms with Crippen molar-refractivity contribution in [1.29, 1.82) is 0 Å². The zero-order valence-corrected chi connectivity index (χ0v) is 11.0. The van der Waals surface area contributed by atoms with Gasteiger partial charge in [-0.3, -0.25) is 4.98 Å². The fourth-order valence-corrected chi connectivity index (χ4v) is 2.75. The van der Waals surface area contributed by atoms with Crippen molar-refractivity contribution in [3.05, 3.63) is 24.5 Å². The molecule has 2 heterocycles. The number of nitrogens with zero attached hydrogens (tertiary/aromatic N) is 4. The van der Waals surface area contributed by atoms with Gasteiger partial charge >= 0.3 is 0 Å². The van der Waals surface area contributed by atoms with Crippen LogP contribution < -0.4 is 4.90 Å². The summed E-state index contributed by atoms with van der Waals surface area (Å²) in [5, 5.41) is 10.1. The summed E-state index contributed by atoms with van der Waals surface area (Å²) >= 11 is 0. The topological polar surface area (TPSA) is 62.1 Å². The summed E-state index contributed by atoms with van der Waals surface area (Å²) in [5.41, 5.74) is 1.45. The standard InChI is InChI=1S/C14H18N4O/c1-18(11-4-2-3-5-12(11)19)13-7-6-10-14(17-13)16-9-8-15-10/h6-9,11-12,19H,2-5H2,1H3. The molecule has 5 nitrogen and oxygen atoms in total. The van der Waals surface area contributed by atoms with Crippen LogP contribution in [0.1, 0.15) is 25.7 Å². The lowest BCUT2D eigenvalue weighted by molar-refractivity contribution is 0.106. The average molecular weight is 258 g/mol. The van der Waals surface area contributed by atoms with Gasteiger partial charge in [0.05, 0.1) is 12.1 Å². The lowest BCUT2D eigenvalue weighted by Crippen LogP contribution is -2.43. The first-order valence-corrected chi connectivity index (χ1v) is 6.74. The highest BCUT2D eigenvalue weighted by molar-refractivity contribution is 5.71. The van der Waals surface area contributed by atoms with Crippen LogP contribution >= 0.6 is 0 Å². The number of fused-ring (bicyclic) bond motifs is 1. The molecule has 100 valence electrons. The van der Waals surface area contributed by atoms with Gasteiger partial charge < -0.3 is 10.0 Å². The van der Waals surface area contributed by atoms with Gasteiger partial charge in [0.25, 0.3) is 0 Å². The predicted molar refractivity (Wildman–Crippen MR) is 74.0 cm³/mol. The predicted octanol–water partition coefficient (Wildman–Crippen LogP) is 1.76. The minimum Gasteiger partial charge on any atom is -0.391 e. The fourth-order valence-electron chi connectivity index (χ4n) is 2.75. The zero-order chi connectivity index (χ0) is 13.2. The van der Waals surface area contributed by atoms with E-state index in [9.17, 15) is 5.11 Å². The highest BCUT2D eigenvalue weighted by atomic mass is 16.3. The molecule has 19 heavy (non-hydrogen) atoms. The molecule has 5 heteroatoms. The molecule has 0 aliphatic heterocycles. The van der Waals surface area contributed by atoms with Gasteiger partial charge in [-0.15, -0.1) is 0 Å². The van der Waals surface area contributed by atoms with Gasteiger partial charge in [-0.25, -0.2) is 9.97 Å². The zero-order valence-electron chi connectivity index (χ0n) is 11.0.